The lowest BCUT2D eigenvalue weighted by Crippen LogP contribution is -2.15. The van der Waals surface area contributed by atoms with E-state index in [1.54, 1.807) is 0 Å². The Balaban J connectivity index is 1.41. The summed E-state index contributed by atoms with van der Waals surface area (Å²) in [5.74, 6) is 0. The van der Waals surface area contributed by atoms with Gasteiger partial charge in [0.1, 0.15) is 11.2 Å². The van der Waals surface area contributed by atoms with Crippen molar-refractivity contribution in [1.29, 1.82) is 0 Å². The van der Waals surface area contributed by atoms with E-state index in [0.717, 1.165) is 82.8 Å². The topological polar surface area (TPSA) is 19.6 Å². The van der Waals surface area contributed by atoms with Crippen molar-refractivity contribution in [2.24, 2.45) is 0 Å². The van der Waals surface area contributed by atoms with Crippen molar-refractivity contribution >= 4 is 72.0 Å². The average Bonchev–Trinajstić information content (AvgIpc) is 3.58. The lowest BCUT2D eigenvalue weighted by molar-refractivity contribution is 0.669. The third-order valence-corrected chi connectivity index (χ3v) is 9.96. The Bertz CT molecular complexity index is 2540. The highest BCUT2D eigenvalue weighted by molar-refractivity contribution is 9.10. The lowest BCUT2D eigenvalue weighted by atomic mass is 9.94. The van der Waals surface area contributed by atoms with Crippen molar-refractivity contribution in [1.82, 2.24) is 0 Å². The monoisotopic (exact) mass is 732 g/mol. The van der Waals surface area contributed by atoms with Gasteiger partial charge in [0.25, 0.3) is 0 Å². The highest BCUT2D eigenvalue weighted by Crippen LogP contribution is 2.51. The van der Waals surface area contributed by atoms with Crippen LogP contribution in [0.25, 0.3) is 44.2 Å². The van der Waals surface area contributed by atoms with Crippen LogP contribution in [0.1, 0.15) is 0 Å². The van der Waals surface area contributed by atoms with E-state index in [9.17, 15) is 0 Å². The molecule has 9 aromatic rings. The highest BCUT2D eigenvalue weighted by atomic mass is 79.9. The number of hydrogen-bond acceptors (Lipinski definition) is 3. The summed E-state index contributed by atoms with van der Waals surface area (Å²) >= 11 is 3.81. The summed E-state index contributed by atoms with van der Waals surface area (Å²) in [6.45, 7) is 0. The van der Waals surface area contributed by atoms with E-state index < -0.39 is 0 Å². The number of halogens is 1. The van der Waals surface area contributed by atoms with Gasteiger partial charge < -0.3 is 14.2 Å². The second-order valence-corrected chi connectivity index (χ2v) is 13.6. The van der Waals surface area contributed by atoms with Crippen LogP contribution in [-0.2, 0) is 0 Å². The molecule has 0 aliphatic carbocycles. The van der Waals surface area contributed by atoms with Crippen LogP contribution in [0.3, 0.4) is 0 Å². The number of fused-ring (bicyclic) bond motifs is 3. The number of benzene rings is 8. The van der Waals surface area contributed by atoms with Gasteiger partial charge in [-0.05, 0) is 65.7 Å². The smallest absolute Gasteiger partial charge is 0.139 e. The number of hydrogen-bond donors (Lipinski definition) is 0. The fourth-order valence-electron chi connectivity index (χ4n) is 7.21. The first kappa shape index (κ1) is 31.6. The number of furan rings is 1. The lowest BCUT2D eigenvalue weighted by Gasteiger charge is -2.32. The fraction of sp³-hybridized carbons (Fsp3) is 0. The molecule has 4 heteroatoms. The highest BCUT2D eigenvalue weighted by Gasteiger charge is 2.26. The van der Waals surface area contributed by atoms with E-state index in [-0.39, 0.29) is 0 Å². The maximum absolute atomic E-state index is 6.77. The largest absolute Gasteiger partial charge is 0.456 e. The molecule has 0 amide bonds. The van der Waals surface area contributed by atoms with E-state index in [0.29, 0.717) is 0 Å². The first-order chi connectivity index (χ1) is 25.7. The van der Waals surface area contributed by atoms with Gasteiger partial charge in [0, 0.05) is 44.1 Å². The summed E-state index contributed by atoms with van der Waals surface area (Å²) in [7, 11) is 0. The molecule has 0 bridgehead atoms. The van der Waals surface area contributed by atoms with Crippen LogP contribution in [0.4, 0.5) is 34.1 Å². The molecule has 0 fully saturated rings. The van der Waals surface area contributed by atoms with Gasteiger partial charge in [0.15, 0.2) is 0 Å². The number of nitrogens with zero attached hydrogens (tertiary/aromatic N) is 2. The summed E-state index contributed by atoms with van der Waals surface area (Å²) < 4.78 is 7.76. The Morgan fingerprint density at radius 1 is 0.385 bits per heavy atom. The summed E-state index contributed by atoms with van der Waals surface area (Å²) in [4.78, 5) is 4.73. The molecule has 9 rings (SSSR count). The van der Waals surface area contributed by atoms with Crippen molar-refractivity contribution < 1.29 is 4.42 Å². The van der Waals surface area contributed by atoms with Gasteiger partial charge >= 0.3 is 0 Å². The van der Waals surface area contributed by atoms with E-state index in [1.165, 1.54) is 0 Å². The van der Waals surface area contributed by atoms with Gasteiger partial charge in [-0.3, -0.25) is 0 Å². The molecule has 0 saturated heterocycles. The van der Waals surface area contributed by atoms with E-state index in [1.807, 2.05) is 6.07 Å². The zero-order valence-corrected chi connectivity index (χ0v) is 29.8. The van der Waals surface area contributed by atoms with Crippen molar-refractivity contribution in [2.75, 3.05) is 9.80 Å². The van der Waals surface area contributed by atoms with Gasteiger partial charge in [-0.15, -0.1) is 0 Å². The second kappa shape index (κ2) is 13.7. The van der Waals surface area contributed by atoms with Crippen molar-refractivity contribution in [3.05, 3.63) is 205 Å². The normalized spacial score (nSPS) is 11.2. The summed E-state index contributed by atoms with van der Waals surface area (Å²) in [5, 5.41) is 2.13. The quantitative estimate of drug-likeness (QED) is 0.155. The maximum Gasteiger partial charge on any atom is 0.139 e. The predicted molar refractivity (Wildman–Crippen MR) is 222 cm³/mol. The zero-order chi connectivity index (χ0) is 34.9. The molecule has 8 aromatic carbocycles. The van der Waals surface area contributed by atoms with Gasteiger partial charge in [-0.1, -0.05) is 155 Å². The van der Waals surface area contributed by atoms with Crippen LogP contribution in [-0.4, -0.2) is 0 Å². The number of para-hydroxylation sites is 4. The van der Waals surface area contributed by atoms with Crippen LogP contribution in [0.2, 0.25) is 0 Å². The molecule has 0 atom stereocenters. The molecule has 0 spiro atoms. The van der Waals surface area contributed by atoms with Crippen molar-refractivity contribution in [3.63, 3.8) is 0 Å². The summed E-state index contributed by atoms with van der Waals surface area (Å²) in [5.41, 5.74) is 12.4. The Kier molecular flexibility index (Phi) is 8.36. The van der Waals surface area contributed by atoms with Gasteiger partial charge in [0.05, 0.1) is 22.4 Å². The molecule has 0 aliphatic heterocycles. The molecule has 1 heterocycles. The van der Waals surface area contributed by atoms with Crippen LogP contribution in [0, 0.1) is 0 Å². The van der Waals surface area contributed by atoms with Crippen LogP contribution in [0.15, 0.2) is 209 Å². The van der Waals surface area contributed by atoms with E-state index in [2.05, 4.69) is 220 Å². The van der Waals surface area contributed by atoms with Gasteiger partial charge in [-0.25, -0.2) is 0 Å². The maximum atomic E-state index is 6.77. The van der Waals surface area contributed by atoms with Gasteiger partial charge in [-0.2, -0.15) is 0 Å². The van der Waals surface area contributed by atoms with Crippen molar-refractivity contribution in [3.8, 4) is 22.3 Å². The minimum absolute atomic E-state index is 0.809. The van der Waals surface area contributed by atoms with E-state index in [4.69, 9.17) is 4.42 Å². The van der Waals surface area contributed by atoms with E-state index >= 15 is 0 Å². The zero-order valence-electron chi connectivity index (χ0n) is 28.2. The second-order valence-electron chi connectivity index (χ2n) is 12.7. The molecule has 248 valence electrons. The molecule has 0 unspecified atom stereocenters. The Morgan fingerprint density at radius 3 is 1.50 bits per heavy atom. The summed E-state index contributed by atoms with van der Waals surface area (Å²) in [6, 6.07) is 70.5. The molecule has 1 aromatic heterocycles. The third kappa shape index (κ3) is 5.83. The van der Waals surface area contributed by atoms with Gasteiger partial charge in [0.2, 0.25) is 0 Å². The third-order valence-electron chi connectivity index (χ3n) is 9.47. The number of rotatable bonds is 8. The average molecular weight is 734 g/mol. The van der Waals surface area contributed by atoms with Crippen LogP contribution < -0.4 is 9.80 Å². The molecule has 0 aliphatic rings. The molecule has 0 N–H and O–H groups in total. The molecule has 52 heavy (non-hydrogen) atoms. The minimum atomic E-state index is 0.809. The molecular formula is C48H33BrN2O. The van der Waals surface area contributed by atoms with Crippen molar-refractivity contribution in [2.45, 2.75) is 0 Å². The fourth-order valence-corrected chi connectivity index (χ4v) is 7.60. The first-order valence-electron chi connectivity index (χ1n) is 17.4. The Morgan fingerprint density at radius 2 is 0.904 bits per heavy atom. The molecular weight excluding hydrogens is 700 g/mol. The Hall–Kier alpha value is -6.36. The molecule has 3 nitrogen and oxygen atoms in total. The standard InChI is InChI=1S/C48H33BrN2O/c49-36-21-15-26-39(31-36)51(48-41(34-17-5-1-6-18-34)28-16-29-42(48)35-19-7-2-8-20-35)40-32-44(47-43-27-13-14-30-45(43)52-46(47)33-40)50(37-22-9-3-10-23-37)38-24-11-4-12-25-38/h1-33H. The predicted octanol–water partition coefficient (Wildman–Crippen LogP) is 14.6. The first-order valence-corrected chi connectivity index (χ1v) is 18.2. The number of anilines is 6. The summed E-state index contributed by atoms with van der Waals surface area (Å²) in [6.07, 6.45) is 0. The Labute approximate surface area is 311 Å². The molecule has 0 saturated carbocycles. The van der Waals surface area contributed by atoms with Crippen LogP contribution >= 0.6 is 15.9 Å². The molecule has 0 radical (unpaired) electrons. The van der Waals surface area contributed by atoms with Crippen LogP contribution in [0.5, 0.6) is 0 Å². The minimum Gasteiger partial charge on any atom is -0.456 e. The SMILES string of the molecule is Brc1cccc(N(c2cc(N(c3ccccc3)c3ccccc3)c3c(c2)oc2ccccc23)c2c(-c3ccccc3)cccc2-c2ccccc2)c1.